The lowest BCUT2D eigenvalue weighted by molar-refractivity contribution is -0.000665. The average Bonchev–Trinajstić information content (AvgIpc) is 2.67. The highest BCUT2D eigenvalue weighted by Gasteiger charge is 2.34. The Morgan fingerprint density at radius 1 is 1.36 bits per heavy atom. The van der Waals surface area contributed by atoms with Crippen molar-refractivity contribution in [2.45, 2.75) is 31.2 Å². The minimum atomic E-state index is 0.108. The molecule has 2 fully saturated rings. The van der Waals surface area contributed by atoms with Crippen molar-refractivity contribution in [2.75, 3.05) is 63.8 Å². The van der Waals surface area contributed by atoms with Gasteiger partial charge in [-0.25, -0.2) is 9.97 Å². The number of ether oxygens (including phenoxy) is 1. The van der Waals surface area contributed by atoms with Gasteiger partial charge in [0.25, 0.3) is 0 Å². The second-order valence-corrected chi connectivity index (χ2v) is 7.48. The van der Waals surface area contributed by atoms with Crippen molar-refractivity contribution >= 4 is 11.6 Å². The van der Waals surface area contributed by atoms with Gasteiger partial charge in [-0.1, -0.05) is 0 Å². The highest BCUT2D eigenvalue weighted by Crippen LogP contribution is 2.27. The molecule has 1 atom stereocenters. The molecule has 7 nitrogen and oxygen atoms in total. The molecule has 0 bridgehead atoms. The molecule has 7 heteroatoms. The van der Waals surface area contributed by atoms with E-state index < -0.39 is 0 Å². The van der Waals surface area contributed by atoms with Crippen molar-refractivity contribution in [1.29, 1.82) is 0 Å². The molecule has 1 aromatic rings. The fourth-order valence-corrected chi connectivity index (χ4v) is 3.83. The first kappa shape index (κ1) is 18.4. The van der Waals surface area contributed by atoms with Crippen LogP contribution < -0.4 is 10.2 Å². The molecule has 0 amide bonds. The van der Waals surface area contributed by atoms with Crippen molar-refractivity contribution in [3.8, 4) is 0 Å². The van der Waals surface area contributed by atoms with Gasteiger partial charge in [0, 0.05) is 51.1 Å². The van der Waals surface area contributed by atoms with Crippen LogP contribution in [0.5, 0.6) is 0 Å². The van der Waals surface area contributed by atoms with Gasteiger partial charge in [0.05, 0.1) is 0 Å². The summed E-state index contributed by atoms with van der Waals surface area (Å²) in [5, 5.41) is 12.9. The summed E-state index contributed by atoms with van der Waals surface area (Å²) in [4.78, 5) is 13.4. The molecule has 0 spiro atoms. The first-order valence-electron chi connectivity index (χ1n) is 9.30. The summed E-state index contributed by atoms with van der Waals surface area (Å²) in [7, 11) is 4.28. The van der Waals surface area contributed by atoms with Crippen LogP contribution in [0, 0.1) is 5.92 Å². The maximum absolute atomic E-state index is 9.43. The summed E-state index contributed by atoms with van der Waals surface area (Å²) in [5.74, 6) is 2.16. The van der Waals surface area contributed by atoms with E-state index in [-0.39, 0.29) is 12.1 Å². The molecule has 0 saturated carbocycles. The smallest absolute Gasteiger partial charge is 0.134 e. The van der Waals surface area contributed by atoms with Gasteiger partial charge in [-0.05, 0) is 45.7 Å². The Morgan fingerprint density at radius 2 is 2.16 bits per heavy atom. The second kappa shape index (κ2) is 8.29. The third-order valence-electron chi connectivity index (χ3n) is 5.72. The van der Waals surface area contributed by atoms with Gasteiger partial charge in [0.2, 0.25) is 0 Å². The SMILES string of the molecule is CN(C)C1(CNc2cc(N3CCCC(CO)C3)ncn2)CCOCC1. The summed E-state index contributed by atoms with van der Waals surface area (Å²) in [6.07, 6.45) is 5.87. The molecule has 2 N–H and O–H groups in total. The van der Waals surface area contributed by atoms with Crippen LogP contribution in [0.2, 0.25) is 0 Å². The summed E-state index contributed by atoms with van der Waals surface area (Å²) >= 11 is 0. The van der Waals surface area contributed by atoms with Gasteiger partial charge in [0.15, 0.2) is 0 Å². The molecule has 3 heterocycles. The first-order valence-corrected chi connectivity index (χ1v) is 9.30. The number of anilines is 2. The van der Waals surface area contributed by atoms with Gasteiger partial charge in [0.1, 0.15) is 18.0 Å². The zero-order chi connectivity index (χ0) is 17.7. The van der Waals surface area contributed by atoms with Gasteiger partial charge in [-0.3, -0.25) is 0 Å². The third-order valence-corrected chi connectivity index (χ3v) is 5.72. The number of likely N-dealkylation sites (N-methyl/N-ethyl adjacent to an activating group) is 1. The van der Waals surface area contributed by atoms with E-state index in [9.17, 15) is 5.11 Å². The molecule has 2 aliphatic rings. The summed E-state index contributed by atoms with van der Waals surface area (Å²) < 4.78 is 5.54. The molecule has 0 aliphatic carbocycles. The van der Waals surface area contributed by atoms with E-state index in [4.69, 9.17) is 4.74 Å². The van der Waals surface area contributed by atoms with Crippen LogP contribution in [-0.2, 0) is 4.74 Å². The number of aromatic nitrogens is 2. The van der Waals surface area contributed by atoms with Crippen molar-refractivity contribution in [2.24, 2.45) is 5.92 Å². The molecule has 0 radical (unpaired) electrons. The van der Waals surface area contributed by atoms with E-state index in [1.807, 2.05) is 6.07 Å². The van der Waals surface area contributed by atoms with Crippen molar-refractivity contribution in [1.82, 2.24) is 14.9 Å². The molecule has 2 aliphatic heterocycles. The maximum atomic E-state index is 9.43. The lowest BCUT2D eigenvalue weighted by Gasteiger charge is -2.43. The molecule has 25 heavy (non-hydrogen) atoms. The van der Waals surface area contributed by atoms with E-state index in [1.165, 1.54) is 0 Å². The van der Waals surface area contributed by atoms with Crippen LogP contribution in [0.25, 0.3) is 0 Å². The van der Waals surface area contributed by atoms with Crippen LogP contribution in [0.4, 0.5) is 11.6 Å². The Bertz CT molecular complexity index is 548. The number of hydrogen-bond acceptors (Lipinski definition) is 7. The van der Waals surface area contributed by atoms with E-state index in [1.54, 1.807) is 6.33 Å². The van der Waals surface area contributed by atoms with Crippen LogP contribution >= 0.6 is 0 Å². The monoisotopic (exact) mass is 349 g/mol. The van der Waals surface area contributed by atoms with Crippen LogP contribution in [0.3, 0.4) is 0 Å². The van der Waals surface area contributed by atoms with Gasteiger partial charge in [-0.2, -0.15) is 0 Å². The van der Waals surface area contributed by atoms with E-state index >= 15 is 0 Å². The van der Waals surface area contributed by atoms with E-state index in [2.05, 4.69) is 39.2 Å². The van der Waals surface area contributed by atoms with Crippen LogP contribution in [0.1, 0.15) is 25.7 Å². The standard InChI is InChI=1S/C18H31N5O2/c1-22(2)18(5-8-25-9-6-18)13-19-16-10-17(21-14-20-16)23-7-3-4-15(11-23)12-24/h10,14-15,24H,3-9,11-13H2,1-2H3,(H,19,20,21). The van der Waals surface area contributed by atoms with Gasteiger partial charge < -0.3 is 25.0 Å². The highest BCUT2D eigenvalue weighted by atomic mass is 16.5. The number of aliphatic hydroxyl groups excluding tert-OH is 1. The fraction of sp³-hybridized carbons (Fsp3) is 0.778. The third kappa shape index (κ3) is 4.40. The fourth-order valence-electron chi connectivity index (χ4n) is 3.83. The van der Waals surface area contributed by atoms with Crippen LogP contribution in [0.15, 0.2) is 12.4 Å². The number of hydrogen-bond donors (Lipinski definition) is 2. The highest BCUT2D eigenvalue weighted by molar-refractivity contribution is 5.49. The minimum Gasteiger partial charge on any atom is -0.396 e. The Balaban J connectivity index is 1.65. The zero-order valence-corrected chi connectivity index (χ0v) is 15.4. The normalized spacial score (nSPS) is 23.7. The predicted molar refractivity (Wildman–Crippen MR) is 99.0 cm³/mol. The number of rotatable bonds is 6. The van der Waals surface area contributed by atoms with E-state index in [0.29, 0.717) is 5.92 Å². The molecule has 1 unspecified atom stereocenters. The zero-order valence-electron chi connectivity index (χ0n) is 15.4. The maximum Gasteiger partial charge on any atom is 0.134 e. The van der Waals surface area contributed by atoms with E-state index in [0.717, 1.165) is 70.2 Å². The van der Waals surface area contributed by atoms with Crippen molar-refractivity contribution < 1.29 is 9.84 Å². The average molecular weight is 349 g/mol. The van der Waals surface area contributed by atoms with Gasteiger partial charge >= 0.3 is 0 Å². The number of nitrogens with one attached hydrogen (secondary N) is 1. The Kier molecular flexibility index (Phi) is 6.09. The number of piperidine rings is 1. The van der Waals surface area contributed by atoms with Crippen molar-refractivity contribution in [3.63, 3.8) is 0 Å². The number of aliphatic hydroxyl groups is 1. The largest absolute Gasteiger partial charge is 0.396 e. The Hall–Kier alpha value is -1.44. The Labute approximate surface area is 150 Å². The molecule has 2 saturated heterocycles. The predicted octanol–water partition coefficient (Wildman–Crippen LogP) is 1.21. The van der Waals surface area contributed by atoms with Crippen molar-refractivity contribution in [3.05, 3.63) is 12.4 Å². The van der Waals surface area contributed by atoms with Gasteiger partial charge in [-0.15, -0.1) is 0 Å². The lowest BCUT2D eigenvalue weighted by atomic mass is 9.88. The molecule has 1 aromatic heterocycles. The molecular formula is C18H31N5O2. The summed E-state index contributed by atoms with van der Waals surface area (Å²) in [5.41, 5.74) is 0.108. The quantitative estimate of drug-likeness (QED) is 0.799. The minimum absolute atomic E-state index is 0.108. The topological polar surface area (TPSA) is 73.8 Å². The van der Waals surface area contributed by atoms with Crippen LogP contribution in [-0.4, -0.2) is 79.1 Å². The number of nitrogens with zero attached hydrogens (tertiary/aromatic N) is 4. The summed E-state index contributed by atoms with van der Waals surface area (Å²) in [6, 6.07) is 2.03. The first-order chi connectivity index (χ1) is 12.1. The molecular weight excluding hydrogens is 318 g/mol. The Morgan fingerprint density at radius 3 is 2.88 bits per heavy atom. The molecule has 3 rings (SSSR count). The second-order valence-electron chi connectivity index (χ2n) is 7.48. The molecule has 140 valence electrons. The summed E-state index contributed by atoms with van der Waals surface area (Å²) in [6.45, 7) is 4.58. The lowest BCUT2D eigenvalue weighted by Crippen LogP contribution is -2.53. The molecule has 0 aromatic carbocycles.